The first kappa shape index (κ1) is 15.0. The van der Waals surface area contributed by atoms with Gasteiger partial charge in [-0.15, -0.1) is 0 Å². The Kier molecular flexibility index (Phi) is 6.76. The van der Waals surface area contributed by atoms with Gasteiger partial charge in [-0.1, -0.05) is 19.1 Å². The molecule has 0 heterocycles. The maximum atomic E-state index is 5.63. The third kappa shape index (κ3) is 5.07. The molecule has 102 valence electrons. The Labute approximate surface area is 110 Å². The van der Waals surface area contributed by atoms with E-state index in [2.05, 4.69) is 24.4 Å². The Morgan fingerprint density at radius 3 is 2.33 bits per heavy atom. The van der Waals surface area contributed by atoms with Crippen molar-refractivity contribution in [3.63, 3.8) is 0 Å². The van der Waals surface area contributed by atoms with Gasteiger partial charge in [0.1, 0.15) is 5.75 Å². The summed E-state index contributed by atoms with van der Waals surface area (Å²) in [7, 11) is 1.96. The van der Waals surface area contributed by atoms with Gasteiger partial charge in [0.15, 0.2) is 0 Å². The molecule has 0 fully saturated rings. The molecule has 1 atom stereocenters. The number of benzene rings is 1. The van der Waals surface area contributed by atoms with Crippen molar-refractivity contribution < 1.29 is 9.47 Å². The van der Waals surface area contributed by atoms with Crippen LogP contribution in [0, 0.1) is 0 Å². The highest BCUT2D eigenvalue weighted by Crippen LogP contribution is 2.19. The maximum Gasteiger partial charge on any atom is 0.119 e. The molecule has 1 aromatic rings. The molecule has 0 aliphatic heterocycles. The number of nitrogens with one attached hydrogen (secondary N) is 1. The van der Waals surface area contributed by atoms with Crippen LogP contribution in [0.25, 0.3) is 0 Å². The molecule has 1 aromatic carbocycles. The van der Waals surface area contributed by atoms with E-state index in [0.29, 0.717) is 6.61 Å². The minimum absolute atomic E-state index is 0.212. The second kappa shape index (κ2) is 8.11. The Bertz CT molecular complexity index is 322. The van der Waals surface area contributed by atoms with Crippen LogP contribution >= 0.6 is 0 Å². The van der Waals surface area contributed by atoms with Crippen LogP contribution < -0.4 is 10.1 Å². The zero-order chi connectivity index (χ0) is 13.4. The fourth-order valence-electron chi connectivity index (χ4n) is 1.74. The molecule has 1 unspecified atom stereocenters. The van der Waals surface area contributed by atoms with Gasteiger partial charge < -0.3 is 14.8 Å². The summed E-state index contributed by atoms with van der Waals surface area (Å²) < 4.78 is 11.2. The lowest BCUT2D eigenvalue weighted by Gasteiger charge is -2.17. The second-order valence-electron chi connectivity index (χ2n) is 4.65. The van der Waals surface area contributed by atoms with Crippen LogP contribution in [0.4, 0.5) is 0 Å². The minimum Gasteiger partial charge on any atom is -0.491 e. The van der Waals surface area contributed by atoms with Crippen LogP contribution in [0.2, 0.25) is 0 Å². The average Bonchev–Trinajstić information content (AvgIpc) is 2.35. The molecule has 0 aliphatic carbocycles. The lowest BCUT2D eigenvalue weighted by molar-refractivity contribution is 0.114. The van der Waals surface area contributed by atoms with Gasteiger partial charge in [0.05, 0.1) is 18.8 Å². The average molecular weight is 251 g/mol. The molecule has 0 aromatic heterocycles. The molecule has 0 amide bonds. The summed E-state index contributed by atoms with van der Waals surface area (Å²) in [6, 6.07) is 8.45. The summed E-state index contributed by atoms with van der Waals surface area (Å²) >= 11 is 0. The highest BCUT2D eigenvalue weighted by molar-refractivity contribution is 5.29. The zero-order valence-corrected chi connectivity index (χ0v) is 11.9. The molecule has 1 rings (SSSR count). The first-order valence-electron chi connectivity index (χ1n) is 6.69. The van der Waals surface area contributed by atoms with Crippen LogP contribution in [0.5, 0.6) is 5.75 Å². The van der Waals surface area contributed by atoms with Crippen LogP contribution in [0.15, 0.2) is 24.3 Å². The van der Waals surface area contributed by atoms with Gasteiger partial charge in [-0.3, -0.25) is 0 Å². The summed E-state index contributed by atoms with van der Waals surface area (Å²) in [4.78, 5) is 0. The molecule has 1 N–H and O–H groups in total. The largest absolute Gasteiger partial charge is 0.491 e. The van der Waals surface area contributed by atoms with Gasteiger partial charge in [-0.2, -0.15) is 0 Å². The molecule has 18 heavy (non-hydrogen) atoms. The Morgan fingerprint density at radius 1 is 1.17 bits per heavy atom. The van der Waals surface area contributed by atoms with Crippen molar-refractivity contribution in [1.82, 2.24) is 5.32 Å². The van der Waals surface area contributed by atoms with Gasteiger partial charge in [0, 0.05) is 6.61 Å². The highest BCUT2D eigenvalue weighted by Gasteiger charge is 2.09. The summed E-state index contributed by atoms with van der Waals surface area (Å²) in [5.41, 5.74) is 1.23. The summed E-state index contributed by atoms with van der Waals surface area (Å²) in [6.07, 6.45) is 1.27. The van der Waals surface area contributed by atoms with E-state index in [1.54, 1.807) is 0 Å². The molecule has 0 saturated carbocycles. The molecule has 0 saturated heterocycles. The van der Waals surface area contributed by atoms with Crippen LogP contribution in [-0.4, -0.2) is 26.4 Å². The van der Waals surface area contributed by atoms with Crippen molar-refractivity contribution >= 4 is 0 Å². The SMILES string of the molecule is CCCOCC(NC)c1ccc(OC(C)C)cc1. The summed E-state index contributed by atoms with van der Waals surface area (Å²) in [5.74, 6) is 0.915. The van der Waals surface area contributed by atoms with E-state index in [1.165, 1.54) is 5.56 Å². The standard InChI is InChI=1S/C15H25NO2/c1-5-10-17-11-15(16-4)13-6-8-14(9-7-13)18-12(2)3/h6-9,12,15-16H,5,10-11H2,1-4H3. The minimum atomic E-state index is 0.212. The van der Waals surface area contributed by atoms with Gasteiger partial charge in [0.2, 0.25) is 0 Å². The maximum absolute atomic E-state index is 5.63. The van der Waals surface area contributed by atoms with E-state index in [0.717, 1.165) is 18.8 Å². The monoisotopic (exact) mass is 251 g/mol. The van der Waals surface area contributed by atoms with E-state index in [-0.39, 0.29) is 12.1 Å². The molecule has 0 aliphatic rings. The van der Waals surface area contributed by atoms with E-state index in [4.69, 9.17) is 9.47 Å². The van der Waals surface area contributed by atoms with Crippen molar-refractivity contribution in [2.45, 2.75) is 39.3 Å². The normalized spacial score (nSPS) is 12.7. The highest BCUT2D eigenvalue weighted by atomic mass is 16.5. The molecular formula is C15H25NO2. The number of hydrogen-bond donors (Lipinski definition) is 1. The van der Waals surface area contributed by atoms with Crippen molar-refractivity contribution in [2.75, 3.05) is 20.3 Å². The lowest BCUT2D eigenvalue weighted by atomic mass is 10.1. The van der Waals surface area contributed by atoms with Gasteiger partial charge >= 0.3 is 0 Å². The molecule has 3 heteroatoms. The van der Waals surface area contributed by atoms with E-state index < -0.39 is 0 Å². The number of likely N-dealkylation sites (N-methyl/N-ethyl adjacent to an activating group) is 1. The first-order valence-corrected chi connectivity index (χ1v) is 6.69. The quantitative estimate of drug-likeness (QED) is 0.720. The molecule has 0 radical (unpaired) electrons. The van der Waals surface area contributed by atoms with E-state index >= 15 is 0 Å². The lowest BCUT2D eigenvalue weighted by Crippen LogP contribution is -2.22. The Balaban J connectivity index is 2.57. The fraction of sp³-hybridized carbons (Fsp3) is 0.600. The molecule has 0 spiro atoms. The third-order valence-electron chi connectivity index (χ3n) is 2.64. The number of ether oxygens (including phenoxy) is 2. The van der Waals surface area contributed by atoms with Gasteiger partial charge in [-0.05, 0) is 45.0 Å². The van der Waals surface area contributed by atoms with Gasteiger partial charge in [0.25, 0.3) is 0 Å². The van der Waals surface area contributed by atoms with Crippen LogP contribution in [0.1, 0.15) is 38.8 Å². The predicted octanol–water partition coefficient (Wildman–Crippen LogP) is 3.16. The zero-order valence-electron chi connectivity index (χ0n) is 11.9. The second-order valence-corrected chi connectivity index (χ2v) is 4.65. The van der Waals surface area contributed by atoms with E-state index in [1.807, 2.05) is 33.0 Å². The fourth-order valence-corrected chi connectivity index (χ4v) is 1.74. The van der Waals surface area contributed by atoms with Crippen molar-refractivity contribution in [3.05, 3.63) is 29.8 Å². The smallest absolute Gasteiger partial charge is 0.119 e. The molecule has 3 nitrogen and oxygen atoms in total. The topological polar surface area (TPSA) is 30.5 Å². The summed E-state index contributed by atoms with van der Waals surface area (Å²) in [5, 5.41) is 3.27. The number of hydrogen-bond acceptors (Lipinski definition) is 3. The predicted molar refractivity (Wildman–Crippen MR) is 75.1 cm³/mol. The summed E-state index contributed by atoms with van der Waals surface area (Å²) in [6.45, 7) is 7.69. The third-order valence-corrected chi connectivity index (χ3v) is 2.64. The van der Waals surface area contributed by atoms with Crippen LogP contribution in [-0.2, 0) is 4.74 Å². The van der Waals surface area contributed by atoms with Crippen molar-refractivity contribution in [2.24, 2.45) is 0 Å². The van der Waals surface area contributed by atoms with E-state index in [9.17, 15) is 0 Å². The first-order chi connectivity index (χ1) is 8.67. The van der Waals surface area contributed by atoms with Crippen molar-refractivity contribution in [1.29, 1.82) is 0 Å². The molecule has 0 bridgehead atoms. The van der Waals surface area contributed by atoms with Crippen molar-refractivity contribution in [3.8, 4) is 5.75 Å². The number of rotatable bonds is 8. The molecular weight excluding hydrogens is 226 g/mol. The Morgan fingerprint density at radius 2 is 1.83 bits per heavy atom. The van der Waals surface area contributed by atoms with Gasteiger partial charge in [-0.25, -0.2) is 0 Å². The van der Waals surface area contributed by atoms with Crippen LogP contribution in [0.3, 0.4) is 0 Å². The Hall–Kier alpha value is -1.06.